The second-order valence-corrected chi connectivity index (χ2v) is 6.33. The number of thioether (sulfide) groups is 1. The van der Waals surface area contributed by atoms with Gasteiger partial charge in [0.05, 0.1) is 12.4 Å². The molecule has 2 aromatic rings. The first-order chi connectivity index (χ1) is 10.5. The van der Waals surface area contributed by atoms with Gasteiger partial charge in [0.2, 0.25) is 11.8 Å². The van der Waals surface area contributed by atoms with E-state index < -0.39 is 17.3 Å². The van der Waals surface area contributed by atoms with Crippen LogP contribution in [0.3, 0.4) is 0 Å². The van der Waals surface area contributed by atoms with Crippen LogP contribution in [-0.2, 0) is 9.53 Å². The Hall–Kier alpha value is -1.87. The number of alkyl carbamates (subject to hydrolysis) is 1. The molecule has 0 unspecified atom stereocenters. The lowest BCUT2D eigenvalue weighted by Gasteiger charge is -2.07. The largest absolute Gasteiger partial charge is 0.453 e. The van der Waals surface area contributed by atoms with Crippen molar-refractivity contribution in [1.82, 2.24) is 15.5 Å². The highest BCUT2D eigenvalue weighted by atomic mass is 79.9. The van der Waals surface area contributed by atoms with Crippen LogP contribution in [0.5, 0.6) is 0 Å². The van der Waals surface area contributed by atoms with Gasteiger partial charge in [-0.1, -0.05) is 33.8 Å². The fourth-order valence-electron chi connectivity index (χ4n) is 1.45. The maximum atomic E-state index is 11.7. The fourth-order valence-corrected chi connectivity index (χ4v) is 2.54. The monoisotopic (exact) mass is 385 g/mol. The number of rotatable bonds is 4. The molecule has 2 amide bonds. The van der Waals surface area contributed by atoms with E-state index in [0.29, 0.717) is 5.89 Å². The molecule has 9 heteroatoms. The lowest BCUT2D eigenvalue weighted by molar-refractivity contribution is -0.119. The Morgan fingerprint density at radius 1 is 1.41 bits per heavy atom. The van der Waals surface area contributed by atoms with Gasteiger partial charge in [0.25, 0.3) is 5.22 Å². The molecule has 2 rings (SSSR count). The van der Waals surface area contributed by atoms with E-state index in [9.17, 15) is 9.59 Å². The first-order valence-electron chi connectivity index (χ1n) is 6.14. The minimum Gasteiger partial charge on any atom is -0.453 e. The van der Waals surface area contributed by atoms with Crippen molar-refractivity contribution < 1.29 is 18.7 Å². The summed E-state index contributed by atoms with van der Waals surface area (Å²) in [5, 5.41) is 9.54. The van der Waals surface area contributed by atoms with Gasteiger partial charge in [0.1, 0.15) is 0 Å². The highest BCUT2D eigenvalue weighted by molar-refractivity contribution is 9.10. The quantitative estimate of drug-likeness (QED) is 0.808. The summed E-state index contributed by atoms with van der Waals surface area (Å²) in [5.74, 6) is -0.150. The number of nitrogens with zero attached hydrogens (tertiary/aromatic N) is 2. The minimum absolute atomic E-state index is 0.238. The minimum atomic E-state index is -0.808. The summed E-state index contributed by atoms with van der Waals surface area (Å²) in [4.78, 5) is 22.7. The van der Waals surface area contributed by atoms with Crippen molar-refractivity contribution in [2.75, 3.05) is 7.11 Å². The normalized spacial score (nSPS) is 11.8. The highest BCUT2D eigenvalue weighted by Gasteiger charge is 2.20. The Morgan fingerprint density at radius 2 is 2.18 bits per heavy atom. The van der Waals surface area contributed by atoms with E-state index in [-0.39, 0.29) is 5.22 Å². The molecular weight excluding hydrogens is 374 g/mol. The molecular formula is C13H12BrN3O4S. The molecule has 0 bridgehead atoms. The number of nitrogens with one attached hydrogen (secondary N) is 1. The van der Waals surface area contributed by atoms with Gasteiger partial charge >= 0.3 is 6.09 Å². The number of aromatic nitrogens is 2. The molecule has 116 valence electrons. The second-order valence-electron chi connectivity index (χ2n) is 4.12. The Morgan fingerprint density at radius 3 is 2.86 bits per heavy atom. The van der Waals surface area contributed by atoms with Crippen LogP contribution in [0.1, 0.15) is 6.92 Å². The smallest absolute Gasteiger partial charge is 0.413 e. The molecule has 1 aromatic heterocycles. The molecule has 0 saturated heterocycles. The van der Waals surface area contributed by atoms with E-state index in [2.05, 4.69) is 36.2 Å². The molecule has 0 aliphatic rings. The van der Waals surface area contributed by atoms with Crippen molar-refractivity contribution in [2.24, 2.45) is 0 Å². The van der Waals surface area contributed by atoms with Gasteiger partial charge in [-0.05, 0) is 25.1 Å². The number of benzene rings is 1. The molecule has 1 atom stereocenters. The Labute approximate surface area is 138 Å². The lowest BCUT2D eigenvalue weighted by Crippen LogP contribution is -2.35. The number of carbonyl (C=O) groups excluding carboxylic acids is 2. The van der Waals surface area contributed by atoms with Crippen molar-refractivity contribution >= 4 is 39.7 Å². The van der Waals surface area contributed by atoms with Gasteiger partial charge in [-0.3, -0.25) is 10.1 Å². The molecule has 0 fully saturated rings. The predicted octanol–water partition coefficient (Wildman–Crippen LogP) is 2.86. The third-order valence-corrected chi connectivity index (χ3v) is 3.96. The number of amides is 2. The average Bonchev–Trinajstić information content (AvgIpc) is 2.95. The summed E-state index contributed by atoms with van der Waals surface area (Å²) in [6.45, 7) is 1.62. The van der Waals surface area contributed by atoms with Crippen LogP contribution >= 0.6 is 27.7 Å². The van der Waals surface area contributed by atoms with E-state index in [1.54, 1.807) is 6.92 Å². The standard InChI is InChI=1S/C13H12BrN3O4S/c1-7(10(18)15-12(19)20-2)22-13-17-16-11(21-13)8-4-3-5-9(14)6-8/h3-7H,1-2H3,(H,15,18,19)/t7-/m0/s1. The Bertz CT molecular complexity index is 691. The third kappa shape index (κ3) is 4.31. The van der Waals surface area contributed by atoms with Crippen LogP contribution in [0.15, 0.2) is 38.4 Å². The predicted molar refractivity (Wildman–Crippen MR) is 83.3 cm³/mol. The van der Waals surface area contributed by atoms with Crippen LogP contribution in [0.25, 0.3) is 11.5 Å². The maximum absolute atomic E-state index is 11.7. The van der Waals surface area contributed by atoms with E-state index in [4.69, 9.17) is 4.42 Å². The van der Waals surface area contributed by atoms with Crippen LogP contribution in [-0.4, -0.2) is 34.6 Å². The molecule has 0 radical (unpaired) electrons. The lowest BCUT2D eigenvalue weighted by atomic mass is 10.2. The molecule has 0 aliphatic carbocycles. The van der Waals surface area contributed by atoms with Gasteiger partial charge in [0.15, 0.2) is 0 Å². The van der Waals surface area contributed by atoms with Gasteiger partial charge in [-0.25, -0.2) is 4.79 Å². The van der Waals surface area contributed by atoms with E-state index >= 15 is 0 Å². The number of methoxy groups -OCH3 is 1. The van der Waals surface area contributed by atoms with Gasteiger partial charge in [-0.2, -0.15) is 0 Å². The van der Waals surface area contributed by atoms with Gasteiger partial charge in [-0.15, -0.1) is 10.2 Å². The molecule has 22 heavy (non-hydrogen) atoms. The fraction of sp³-hybridized carbons (Fsp3) is 0.231. The molecule has 0 saturated carbocycles. The molecule has 0 spiro atoms. The molecule has 1 heterocycles. The number of ether oxygens (including phenoxy) is 1. The van der Waals surface area contributed by atoms with Gasteiger partial charge < -0.3 is 9.15 Å². The Balaban J connectivity index is 2.03. The summed E-state index contributed by atoms with van der Waals surface area (Å²) < 4.78 is 10.8. The summed E-state index contributed by atoms with van der Waals surface area (Å²) in [7, 11) is 1.18. The van der Waals surface area contributed by atoms with E-state index in [1.165, 1.54) is 7.11 Å². The average molecular weight is 386 g/mol. The third-order valence-electron chi connectivity index (χ3n) is 2.54. The molecule has 1 N–H and O–H groups in total. The molecule has 0 aliphatic heterocycles. The van der Waals surface area contributed by atoms with Crippen molar-refractivity contribution in [3.63, 3.8) is 0 Å². The van der Waals surface area contributed by atoms with E-state index in [1.807, 2.05) is 24.3 Å². The topological polar surface area (TPSA) is 94.3 Å². The first kappa shape index (κ1) is 16.5. The first-order valence-corrected chi connectivity index (χ1v) is 7.81. The number of hydrogen-bond acceptors (Lipinski definition) is 7. The molecule has 7 nitrogen and oxygen atoms in total. The van der Waals surface area contributed by atoms with Crippen LogP contribution in [0.4, 0.5) is 4.79 Å². The summed E-state index contributed by atoms with van der Waals surface area (Å²) in [5.41, 5.74) is 0.764. The zero-order chi connectivity index (χ0) is 16.1. The summed E-state index contributed by atoms with van der Waals surface area (Å²) in [6, 6.07) is 7.41. The van der Waals surface area contributed by atoms with Crippen molar-refractivity contribution in [2.45, 2.75) is 17.4 Å². The summed E-state index contributed by atoms with van der Waals surface area (Å²) in [6.07, 6.45) is -0.808. The zero-order valence-corrected chi connectivity index (χ0v) is 14.1. The number of hydrogen-bond donors (Lipinski definition) is 1. The maximum Gasteiger partial charge on any atom is 0.413 e. The number of imide groups is 1. The van der Waals surface area contributed by atoms with Crippen LogP contribution < -0.4 is 5.32 Å². The SMILES string of the molecule is COC(=O)NC(=O)[C@H](C)Sc1nnc(-c2cccc(Br)c2)o1. The molecule has 1 aromatic carbocycles. The highest BCUT2D eigenvalue weighted by Crippen LogP contribution is 2.27. The van der Waals surface area contributed by atoms with Crippen LogP contribution in [0.2, 0.25) is 0 Å². The zero-order valence-electron chi connectivity index (χ0n) is 11.7. The van der Waals surface area contributed by atoms with Gasteiger partial charge in [0, 0.05) is 10.0 Å². The van der Waals surface area contributed by atoms with Crippen LogP contribution in [0, 0.1) is 0 Å². The number of halogens is 1. The summed E-state index contributed by atoms with van der Waals surface area (Å²) >= 11 is 4.42. The van der Waals surface area contributed by atoms with Crippen molar-refractivity contribution in [3.05, 3.63) is 28.7 Å². The van der Waals surface area contributed by atoms with Crippen molar-refractivity contribution in [3.8, 4) is 11.5 Å². The number of carbonyl (C=O) groups is 2. The van der Waals surface area contributed by atoms with Crippen molar-refractivity contribution in [1.29, 1.82) is 0 Å². The second kappa shape index (κ2) is 7.41. The Kier molecular flexibility index (Phi) is 5.56. The van der Waals surface area contributed by atoms with E-state index in [0.717, 1.165) is 21.8 Å².